The third-order valence-corrected chi connectivity index (χ3v) is 14.1. The number of fused-ring (bicyclic) bond motifs is 10. The second-order valence-corrected chi connectivity index (χ2v) is 20.0. The Morgan fingerprint density at radius 1 is 0.735 bits per heavy atom. The van der Waals surface area contributed by atoms with E-state index in [0.717, 1.165) is 37.8 Å². The van der Waals surface area contributed by atoms with Gasteiger partial charge < -0.3 is 19.2 Å². The van der Waals surface area contributed by atoms with E-state index in [-0.39, 0.29) is 53.1 Å². The fourth-order valence-electron chi connectivity index (χ4n) is 10.2. The number of H-pyrrole nitrogens is 3. The van der Waals surface area contributed by atoms with Crippen molar-refractivity contribution in [1.29, 1.82) is 0 Å². The minimum absolute atomic E-state index is 0.0268. The molecule has 4 aromatic heterocycles. The van der Waals surface area contributed by atoms with Crippen LogP contribution in [0.2, 0.25) is 0 Å². The minimum Gasteiger partial charge on any atom is -0.487 e. The van der Waals surface area contributed by atoms with Crippen LogP contribution in [0, 0.1) is 6.92 Å². The maximum atomic E-state index is 13.2. The van der Waals surface area contributed by atoms with E-state index >= 15 is 0 Å². The van der Waals surface area contributed by atoms with Crippen LogP contribution in [0.25, 0.3) is 66.4 Å². The Labute approximate surface area is 388 Å². The van der Waals surface area contributed by atoms with Gasteiger partial charge in [0.1, 0.15) is 46.1 Å². The molecule has 4 aliphatic heterocycles. The lowest BCUT2D eigenvalue weighted by molar-refractivity contribution is 0.195. The van der Waals surface area contributed by atoms with Crippen LogP contribution in [0.15, 0.2) is 75.0 Å². The number of hydrogen-bond acceptors (Lipinski definition) is 14. The molecule has 4 aromatic carbocycles. The second-order valence-electron chi connectivity index (χ2n) is 18.3. The standard InChI is InChI=1S/C25H27N5O6S.C23H23N5O3/c1-14-9-16-12-29(14)7-8-30-25(31)18-6-4-5-17(21(18)28-30)22-24(34-2)26-19-10-15(13-35-37(3,32)33)11-20(36-16)23(19)27-22;1-12-8-17-21-18(9-12)31-14-10-13(2)27(11-14)6-7-28-23(30)16-5-3-4-15(19(16)26-28)20(25-21)22(29)24-17/h4-6,10-11,14,16,28H,7-9,12-13H2,1-3H3;3-5,8-9,13-14,26H,6-7,10-11H2,1-2H3,(H,24,29)/t14-,16?;13-,14?/m11/s1. The highest BCUT2D eigenvalue weighted by Crippen LogP contribution is 2.37. The van der Waals surface area contributed by atoms with Gasteiger partial charge in [-0.2, -0.15) is 8.42 Å². The molecule has 20 heteroatoms. The third kappa shape index (κ3) is 7.89. The van der Waals surface area contributed by atoms with Crippen LogP contribution in [0.3, 0.4) is 0 Å². The molecule has 0 aliphatic carbocycles. The molecule has 3 N–H and O–H groups in total. The summed E-state index contributed by atoms with van der Waals surface area (Å²) < 4.78 is 50.1. The van der Waals surface area contributed by atoms with E-state index in [1.165, 1.54) is 7.11 Å². The highest BCUT2D eigenvalue weighted by molar-refractivity contribution is 7.85. The number of benzene rings is 4. The number of rotatable bonds is 4. The summed E-state index contributed by atoms with van der Waals surface area (Å²) in [5.74, 6) is 1.45. The van der Waals surface area contributed by atoms with Crippen LogP contribution >= 0.6 is 0 Å². The lowest BCUT2D eigenvalue weighted by atomic mass is 10.1. The van der Waals surface area contributed by atoms with E-state index in [1.807, 2.05) is 37.3 Å². The minimum atomic E-state index is -3.64. The molecule has 2 fully saturated rings. The number of para-hydroxylation sites is 2. The van der Waals surface area contributed by atoms with E-state index in [4.69, 9.17) is 33.3 Å². The molecule has 19 nitrogen and oxygen atoms in total. The average Bonchev–Trinajstić information content (AvgIpc) is 4.04. The Morgan fingerprint density at radius 2 is 1.31 bits per heavy atom. The number of aromatic nitrogens is 8. The number of hydrogen-bond donors (Lipinski definition) is 3. The SMILES string of the molecule is COc1nc2cc(COS(C)(=O)=O)cc3c2nc1-c1cccc2c(=O)n([nH]c12)CCN1CC(C[C@H]1C)O3.Cc1cc2c3nc(c(=O)[nH]c3c1)-c1cccc3c(=O)n([nH]c13)CCN1CC(C[C@H]1C)O2. The van der Waals surface area contributed by atoms with Crippen LogP contribution in [-0.2, 0) is 34.0 Å². The van der Waals surface area contributed by atoms with Gasteiger partial charge in [-0.05, 0) is 68.3 Å². The zero-order valence-corrected chi connectivity index (χ0v) is 39.0. The maximum Gasteiger partial charge on any atom is 0.275 e. The van der Waals surface area contributed by atoms with Crippen LogP contribution in [-0.4, -0.2) is 122 Å². The maximum absolute atomic E-state index is 13.2. The zero-order chi connectivity index (χ0) is 47.2. The molecular formula is C48H50N10O9S. The predicted octanol–water partition coefficient (Wildman–Crippen LogP) is 4.68. The number of aromatic amines is 3. The summed E-state index contributed by atoms with van der Waals surface area (Å²) in [6.07, 6.45) is 2.62. The number of ether oxygens (including phenoxy) is 3. The van der Waals surface area contributed by atoms with Gasteiger partial charge in [-0.15, -0.1) is 0 Å². The Morgan fingerprint density at radius 3 is 1.90 bits per heavy atom. The third-order valence-electron chi connectivity index (χ3n) is 13.5. The Kier molecular flexibility index (Phi) is 10.7. The zero-order valence-electron chi connectivity index (χ0n) is 38.2. The summed E-state index contributed by atoms with van der Waals surface area (Å²) in [5.41, 5.74) is 6.72. The molecular weight excluding hydrogens is 893 g/mol. The molecule has 4 aliphatic rings. The van der Waals surface area contributed by atoms with Crippen molar-refractivity contribution in [2.75, 3.05) is 39.5 Å². The van der Waals surface area contributed by atoms with E-state index in [9.17, 15) is 22.8 Å². The van der Waals surface area contributed by atoms with Crippen molar-refractivity contribution in [2.45, 2.75) is 77.6 Å². The predicted molar refractivity (Wildman–Crippen MR) is 256 cm³/mol. The highest BCUT2D eigenvalue weighted by atomic mass is 32.2. The first-order valence-electron chi connectivity index (χ1n) is 22.7. The first-order valence-corrected chi connectivity index (χ1v) is 24.5. The summed E-state index contributed by atoms with van der Waals surface area (Å²) in [6.45, 7) is 10.1. The van der Waals surface area contributed by atoms with Gasteiger partial charge in [0, 0.05) is 62.2 Å². The molecule has 0 saturated carbocycles. The molecule has 4 unspecified atom stereocenters. The van der Waals surface area contributed by atoms with Crippen molar-refractivity contribution in [3.05, 3.63) is 103 Å². The largest absolute Gasteiger partial charge is 0.487 e. The summed E-state index contributed by atoms with van der Waals surface area (Å²) in [4.78, 5) is 61.2. The second kappa shape index (κ2) is 16.7. The summed E-state index contributed by atoms with van der Waals surface area (Å²) >= 11 is 0. The highest BCUT2D eigenvalue weighted by Gasteiger charge is 2.33. The number of methoxy groups -OCH3 is 1. The van der Waals surface area contributed by atoms with Crippen molar-refractivity contribution < 1.29 is 26.8 Å². The molecule has 0 radical (unpaired) electrons. The lowest BCUT2D eigenvalue weighted by Gasteiger charge is -2.21. The molecule has 8 aromatic rings. The molecule has 0 amide bonds. The molecule has 8 heterocycles. The van der Waals surface area contributed by atoms with Crippen molar-refractivity contribution in [3.63, 3.8) is 0 Å². The Hall–Kier alpha value is -6.87. The van der Waals surface area contributed by atoms with Crippen molar-refractivity contribution in [2.24, 2.45) is 0 Å². The van der Waals surface area contributed by atoms with Crippen LogP contribution in [0.5, 0.6) is 17.4 Å². The Balaban J connectivity index is 0.000000151. The van der Waals surface area contributed by atoms with Gasteiger partial charge in [0.25, 0.3) is 26.8 Å². The van der Waals surface area contributed by atoms with Crippen molar-refractivity contribution >= 4 is 54.0 Å². The fourth-order valence-corrected chi connectivity index (χ4v) is 10.5. The molecule has 12 bridgehead atoms. The van der Waals surface area contributed by atoms with Gasteiger partial charge in [0.15, 0.2) is 0 Å². The molecule has 68 heavy (non-hydrogen) atoms. The quantitative estimate of drug-likeness (QED) is 0.204. The van der Waals surface area contributed by atoms with Crippen LogP contribution < -0.4 is 30.9 Å². The van der Waals surface area contributed by atoms with Gasteiger partial charge in [0.2, 0.25) is 5.88 Å². The molecule has 352 valence electrons. The number of aryl methyl sites for hydroxylation is 1. The van der Waals surface area contributed by atoms with Gasteiger partial charge >= 0.3 is 0 Å². The molecule has 0 spiro atoms. The van der Waals surface area contributed by atoms with Crippen molar-refractivity contribution in [1.82, 2.24) is 49.3 Å². The monoisotopic (exact) mass is 942 g/mol. The lowest BCUT2D eigenvalue weighted by Crippen LogP contribution is -2.33. The molecule has 12 rings (SSSR count). The fraction of sp³-hybridized carbons (Fsp3) is 0.375. The number of nitrogens with zero attached hydrogens (tertiary/aromatic N) is 7. The van der Waals surface area contributed by atoms with E-state index in [2.05, 4.69) is 38.8 Å². The first kappa shape index (κ1) is 43.7. The molecule has 6 atom stereocenters. The summed E-state index contributed by atoms with van der Waals surface area (Å²) in [7, 11) is -2.13. The van der Waals surface area contributed by atoms with Gasteiger partial charge in [-0.25, -0.2) is 15.0 Å². The van der Waals surface area contributed by atoms with E-state index < -0.39 is 10.1 Å². The topological polar surface area (TPSA) is 225 Å². The van der Waals surface area contributed by atoms with Crippen LogP contribution in [0.4, 0.5) is 0 Å². The average molecular weight is 943 g/mol. The first-order chi connectivity index (χ1) is 32.7. The Bertz CT molecular complexity index is 3630. The van der Waals surface area contributed by atoms with Crippen molar-refractivity contribution in [3.8, 4) is 39.9 Å². The summed E-state index contributed by atoms with van der Waals surface area (Å²) in [5, 5.41) is 7.64. The van der Waals surface area contributed by atoms with E-state index in [0.29, 0.717) is 110 Å². The van der Waals surface area contributed by atoms with Gasteiger partial charge in [0.05, 0.1) is 65.9 Å². The van der Waals surface area contributed by atoms with Crippen LogP contribution in [0.1, 0.15) is 37.8 Å². The summed E-state index contributed by atoms with van der Waals surface area (Å²) in [6, 6.07) is 18.9. The smallest absolute Gasteiger partial charge is 0.275 e. The van der Waals surface area contributed by atoms with Gasteiger partial charge in [-0.1, -0.05) is 24.3 Å². The molecule has 2 saturated heterocycles. The number of nitrogens with one attached hydrogen (secondary N) is 3. The van der Waals surface area contributed by atoms with E-state index in [1.54, 1.807) is 39.7 Å². The van der Waals surface area contributed by atoms with Gasteiger partial charge in [-0.3, -0.25) is 47.9 Å². The normalized spacial score (nSPS) is 22.1.